The van der Waals surface area contributed by atoms with E-state index in [4.69, 9.17) is 9.47 Å². The molecule has 0 aromatic carbocycles. The fourth-order valence-corrected chi connectivity index (χ4v) is 5.62. The van der Waals surface area contributed by atoms with Crippen LogP contribution in [-0.2, 0) is 4.74 Å². The van der Waals surface area contributed by atoms with Gasteiger partial charge in [-0.25, -0.2) is 24.1 Å². The molecule has 10 heteroatoms. The Morgan fingerprint density at radius 2 is 1.94 bits per heavy atom. The minimum absolute atomic E-state index is 0.189. The summed E-state index contributed by atoms with van der Waals surface area (Å²) >= 11 is 0. The molecule has 2 aromatic rings. The molecule has 2 saturated heterocycles. The van der Waals surface area contributed by atoms with Gasteiger partial charge in [-0.05, 0) is 26.2 Å². The Morgan fingerprint density at radius 3 is 2.62 bits per heavy atom. The second-order valence-electron chi connectivity index (χ2n) is 9.44. The summed E-state index contributed by atoms with van der Waals surface area (Å²) in [6.45, 7) is 7.28. The summed E-state index contributed by atoms with van der Waals surface area (Å²) in [7, 11) is 1.54. The number of hydrogen-bond acceptors (Lipinski definition) is 8. The molecule has 2 aliphatic heterocycles. The van der Waals surface area contributed by atoms with Gasteiger partial charge in [0.25, 0.3) is 0 Å². The molecule has 0 unspecified atom stereocenters. The van der Waals surface area contributed by atoms with Crippen molar-refractivity contribution in [1.29, 1.82) is 0 Å². The number of aromatic nitrogens is 3. The SMILES string of the molecule is CCOC(=O)N1CC2(CC[C@@H](N3CCN(c4cc(F)cnc4-c4cnc(OC)cn4)CC3)C2)C1. The highest BCUT2D eigenvalue weighted by molar-refractivity contribution is 5.72. The van der Waals surface area contributed by atoms with Crippen molar-refractivity contribution in [2.24, 2.45) is 5.41 Å². The molecule has 3 fully saturated rings. The van der Waals surface area contributed by atoms with E-state index < -0.39 is 0 Å². The van der Waals surface area contributed by atoms with Gasteiger partial charge in [-0.3, -0.25) is 4.90 Å². The predicted molar refractivity (Wildman–Crippen MR) is 124 cm³/mol. The first-order valence-corrected chi connectivity index (χ1v) is 11.9. The molecule has 34 heavy (non-hydrogen) atoms. The maximum Gasteiger partial charge on any atom is 0.409 e. The van der Waals surface area contributed by atoms with E-state index in [-0.39, 0.29) is 17.3 Å². The van der Waals surface area contributed by atoms with E-state index in [1.165, 1.54) is 19.4 Å². The van der Waals surface area contributed by atoms with Crippen LogP contribution in [0.2, 0.25) is 0 Å². The minimum Gasteiger partial charge on any atom is -0.480 e. The lowest BCUT2D eigenvalue weighted by molar-refractivity contribution is -0.00294. The Labute approximate surface area is 198 Å². The maximum absolute atomic E-state index is 14.1. The molecule has 9 nitrogen and oxygen atoms in total. The Kier molecular flexibility index (Phi) is 6.24. The fraction of sp³-hybridized carbons (Fsp3) is 0.583. The van der Waals surface area contributed by atoms with Crippen LogP contribution in [0.1, 0.15) is 26.2 Å². The Morgan fingerprint density at radius 1 is 1.15 bits per heavy atom. The fourth-order valence-electron chi connectivity index (χ4n) is 5.62. The molecule has 0 bridgehead atoms. The van der Waals surface area contributed by atoms with Crippen LogP contribution in [-0.4, -0.2) is 89.9 Å². The summed E-state index contributed by atoms with van der Waals surface area (Å²) < 4.78 is 24.4. The Hall–Kier alpha value is -3.01. The van der Waals surface area contributed by atoms with Gasteiger partial charge in [0.1, 0.15) is 17.2 Å². The number of amides is 1. The monoisotopic (exact) mass is 470 g/mol. The zero-order chi connectivity index (χ0) is 23.7. The first kappa shape index (κ1) is 22.8. The summed E-state index contributed by atoms with van der Waals surface area (Å²) in [5.74, 6) is 0.0590. The number of ether oxygens (including phenoxy) is 2. The number of pyridine rings is 1. The van der Waals surface area contributed by atoms with E-state index >= 15 is 0 Å². The van der Waals surface area contributed by atoms with Crippen LogP contribution in [0.5, 0.6) is 5.88 Å². The molecule has 182 valence electrons. The molecular weight excluding hydrogens is 439 g/mol. The summed E-state index contributed by atoms with van der Waals surface area (Å²) in [5.41, 5.74) is 2.21. The number of nitrogens with zero attached hydrogens (tertiary/aromatic N) is 6. The molecule has 0 N–H and O–H groups in total. The number of anilines is 1. The van der Waals surface area contributed by atoms with Gasteiger partial charge in [0, 0.05) is 56.8 Å². The van der Waals surface area contributed by atoms with Gasteiger partial charge in [0.2, 0.25) is 5.88 Å². The van der Waals surface area contributed by atoms with E-state index in [2.05, 4.69) is 24.8 Å². The van der Waals surface area contributed by atoms with Gasteiger partial charge >= 0.3 is 6.09 Å². The van der Waals surface area contributed by atoms with E-state index in [0.717, 1.165) is 64.2 Å². The van der Waals surface area contributed by atoms with Crippen LogP contribution in [0.4, 0.5) is 14.9 Å². The van der Waals surface area contributed by atoms with Gasteiger partial charge < -0.3 is 19.3 Å². The second-order valence-corrected chi connectivity index (χ2v) is 9.44. The van der Waals surface area contributed by atoms with Crippen molar-refractivity contribution < 1.29 is 18.7 Å². The molecule has 2 aromatic heterocycles. The number of carbonyl (C=O) groups is 1. The van der Waals surface area contributed by atoms with E-state index in [9.17, 15) is 9.18 Å². The molecule has 4 heterocycles. The van der Waals surface area contributed by atoms with Crippen LogP contribution in [0, 0.1) is 11.2 Å². The van der Waals surface area contributed by atoms with Crippen LogP contribution in [0.3, 0.4) is 0 Å². The molecular formula is C24H31FN6O3. The van der Waals surface area contributed by atoms with Gasteiger partial charge in [0.15, 0.2) is 0 Å². The first-order valence-electron chi connectivity index (χ1n) is 11.9. The molecule has 3 aliphatic rings. The Bertz CT molecular complexity index is 1020. The summed E-state index contributed by atoms with van der Waals surface area (Å²) in [6, 6.07) is 2.07. The molecule has 1 aliphatic carbocycles. The first-order chi connectivity index (χ1) is 16.5. The lowest BCUT2D eigenvalue weighted by atomic mass is 9.78. The second kappa shape index (κ2) is 9.32. The highest BCUT2D eigenvalue weighted by atomic mass is 19.1. The number of methoxy groups -OCH3 is 1. The zero-order valence-electron chi connectivity index (χ0n) is 19.7. The average Bonchev–Trinajstić information content (AvgIpc) is 3.30. The maximum atomic E-state index is 14.1. The molecule has 1 amide bonds. The third-order valence-electron chi connectivity index (χ3n) is 7.34. The highest BCUT2D eigenvalue weighted by Crippen LogP contribution is 2.47. The van der Waals surface area contributed by atoms with Crippen LogP contribution in [0.25, 0.3) is 11.4 Å². The van der Waals surface area contributed by atoms with Crippen molar-refractivity contribution >= 4 is 11.8 Å². The molecule has 1 spiro atoms. The van der Waals surface area contributed by atoms with Crippen molar-refractivity contribution in [3.63, 3.8) is 0 Å². The number of piperazine rings is 1. The van der Waals surface area contributed by atoms with Crippen LogP contribution >= 0.6 is 0 Å². The number of halogens is 1. The number of hydrogen-bond donors (Lipinski definition) is 0. The largest absolute Gasteiger partial charge is 0.480 e. The molecule has 1 atom stereocenters. The molecule has 5 rings (SSSR count). The van der Waals surface area contributed by atoms with Crippen molar-refractivity contribution in [1.82, 2.24) is 24.8 Å². The van der Waals surface area contributed by atoms with E-state index in [1.807, 2.05) is 11.8 Å². The quantitative estimate of drug-likeness (QED) is 0.660. The lowest BCUT2D eigenvalue weighted by Gasteiger charge is -2.48. The molecule has 1 saturated carbocycles. The number of carbonyl (C=O) groups excluding carboxylic acids is 1. The van der Waals surface area contributed by atoms with Crippen molar-refractivity contribution in [2.45, 2.75) is 32.2 Å². The smallest absolute Gasteiger partial charge is 0.409 e. The van der Waals surface area contributed by atoms with Gasteiger partial charge in [0.05, 0.1) is 38.0 Å². The van der Waals surface area contributed by atoms with Crippen molar-refractivity contribution in [3.8, 4) is 17.3 Å². The predicted octanol–water partition coefficient (Wildman–Crippen LogP) is 2.82. The van der Waals surface area contributed by atoms with Gasteiger partial charge in [-0.15, -0.1) is 0 Å². The third kappa shape index (κ3) is 4.38. The highest BCUT2D eigenvalue weighted by Gasteiger charge is 2.51. The van der Waals surface area contributed by atoms with Gasteiger partial charge in [-0.1, -0.05) is 0 Å². The lowest BCUT2D eigenvalue weighted by Crippen LogP contribution is -2.58. The number of rotatable bonds is 5. The van der Waals surface area contributed by atoms with E-state index in [0.29, 0.717) is 29.9 Å². The third-order valence-corrected chi connectivity index (χ3v) is 7.34. The van der Waals surface area contributed by atoms with Crippen LogP contribution < -0.4 is 9.64 Å². The van der Waals surface area contributed by atoms with Crippen molar-refractivity contribution in [3.05, 3.63) is 30.5 Å². The number of likely N-dealkylation sites (tertiary alicyclic amines) is 1. The van der Waals surface area contributed by atoms with Crippen molar-refractivity contribution in [2.75, 3.05) is 57.9 Å². The van der Waals surface area contributed by atoms with Crippen LogP contribution in [0.15, 0.2) is 24.7 Å². The summed E-state index contributed by atoms with van der Waals surface area (Å²) in [5, 5.41) is 0. The Balaban J connectivity index is 1.21. The standard InChI is InChI=1S/C24H31FN6O3/c1-3-34-23(32)31-15-24(16-31)5-4-18(11-24)29-6-8-30(9-7-29)20-10-17(25)12-28-22(20)19-13-27-21(33-2)14-26-19/h10,12-14,18H,3-9,11,15-16H2,1-2H3/t18-/m1/s1. The summed E-state index contributed by atoms with van der Waals surface area (Å²) in [4.78, 5) is 31.5. The van der Waals surface area contributed by atoms with E-state index in [1.54, 1.807) is 12.4 Å². The molecule has 0 radical (unpaired) electrons. The summed E-state index contributed by atoms with van der Waals surface area (Å²) in [6.07, 6.45) is 7.61. The zero-order valence-corrected chi connectivity index (χ0v) is 19.7. The average molecular weight is 471 g/mol. The topological polar surface area (TPSA) is 83.9 Å². The minimum atomic E-state index is -0.364. The van der Waals surface area contributed by atoms with Gasteiger partial charge in [-0.2, -0.15) is 0 Å². The normalized spacial score (nSPS) is 22.0.